The Morgan fingerprint density at radius 3 is 2.02 bits per heavy atom. The van der Waals surface area contributed by atoms with Crippen molar-refractivity contribution in [2.75, 3.05) is 19.8 Å². The van der Waals surface area contributed by atoms with E-state index in [9.17, 15) is 45.6 Å². The van der Waals surface area contributed by atoms with E-state index in [0.29, 0.717) is 12.8 Å². The molecule has 0 bridgehead atoms. The summed E-state index contributed by atoms with van der Waals surface area (Å²) in [5, 5.41) is 84.6. The summed E-state index contributed by atoms with van der Waals surface area (Å²) < 4.78 is 22.2. The number of aliphatic hydroxyl groups is 8. The van der Waals surface area contributed by atoms with Crippen molar-refractivity contribution >= 4 is 5.91 Å². The molecule has 0 radical (unpaired) electrons. The number of hydrogen-bond acceptors (Lipinski definition) is 13. The number of hydrogen-bond donors (Lipinski definition) is 9. The number of rotatable bonds is 18. The fourth-order valence-corrected chi connectivity index (χ4v) is 4.98. The zero-order chi connectivity index (χ0) is 30.5. The van der Waals surface area contributed by atoms with Crippen molar-refractivity contribution in [2.24, 2.45) is 0 Å². The molecular weight excluding hydrogens is 546 g/mol. The molecule has 2 aliphatic rings. The van der Waals surface area contributed by atoms with E-state index in [2.05, 4.69) is 12.2 Å². The third-order valence-corrected chi connectivity index (χ3v) is 7.54. The normalized spacial score (nSPS) is 35.7. The number of amides is 1. The van der Waals surface area contributed by atoms with Crippen molar-refractivity contribution in [2.45, 2.75) is 145 Å². The SMILES string of the molecule is CCCCCCCCC(O)C(COC1OC(CO)C(OC2OC(CO)C(O)C(O)C2O)C(O)C1O)NC(=O)CCC. The number of ether oxygens (including phenoxy) is 4. The number of nitrogens with one attached hydrogen (secondary N) is 1. The van der Waals surface area contributed by atoms with E-state index >= 15 is 0 Å². The molecule has 12 unspecified atom stereocenters. The first-order chi connectivity index (χ1) is 19.6. The molecular formula is C27H51NO13. The van der Waals surface area contributed by atoms with E-state index in [0.717, 1.165) is 38.5 Å². The van der Waals surface area contributed by atoms with Crippen molar-refractivity contribution in [3.63, 3.8) is 0 Å². The molecule has 2 aliphatic heterocycles. The largest absolute Gasteiger partial charge is 0.394 e. The third kappa shape index (κ3) is 10.6. The third-order valence-electron chi connectivity index (χ3n) is 7.54. The van der Waals surface area contributed by atoms with Crippen LogP contribution in [0.2, 0.25) is 0 Å². The van der Waals surface area contributed by atoms with Gasteiger partial charge in [0.2, 0.25) is 5.91 Å². The van der Waals surface area contributed by atoms with Crippen LogP contribution >= 0.6 is 0 Å². The first-order valence-electron chi connectivity index (χ1n) is 14.8. The van der Waals surface area contributed by atoms with Crippen LogP contribution in [0.4, 0.5) is 0 Å². The minimum Gasteiger partial charge on any atom is -0.394 e. The summed E-state index contributed by atoms with van der Waals surface area (Å²) in [6.07, 6.45) is -9.15. The molecule has 2 heterocycles. The van der Waals surface area contributed by atoms with Crippen molar-refractivity contribution in [3.8, 4) is 0 Å². The molecule has 2 rings (SSSR count). The lowest BCUT2D eigenvalue weighted by Gasteiger charge is -2.46. The summed E-state index contributed by atoms with van der Waals surface area (Å²) in [5.74, 6) is -0.269. The number of aliphatic hydroxyl groups excluding tert-OH is 8. The van der Waals surface area contributed by atoms with Gasteiger partial charge in [-0.1, -0.05) is 52.4 Å². The van der Waals surface area contributed by atoms with Crippen LogP contribution in [0.15, 0.2) is 0 Å². The van der Waals surface area contributed by atoms with Crippen LogP contribution in [0.25, 0.3) is 0 Å². The summed E-state index contributed by atoms with van der Waals surface area (Å²) in [4.78, 5) is 12.3. The predicted molar refractivity (Wildman–Crippen MR) is 143 cm³/mol. The molecule has 2 saturated heterocycles. The van der Waals surface area contributed by atoms with Crippen LogP contribution in [0.3, 0.4) is 0 Å². The molecule has 0 spiro atoms. The molecule has 14 heteroatoms. The molecule has 0 aromatic carbocycles. The van der Waals surface area contributed by atoms with Crippen LogP contribution < -0.4 is 5.32 Å². The lowest BCUT2D eigenvalue weighted by molar-refractivity contribution is -0.359. The van der Waals surface area contributed by atoms with Gasteiger partial charge in [-0.15, -0.1) is 0 Å². The Balaban J connectivity index is 2.01. The van der Waals surface area contributed by atoms with Crippen molar-refractivity contribution in [1.82, 2.24) is 5.32 Å². The van der Waals surface area contributed by atoms with Crippen LogP contribution in [0, 0.1) is 0 Å². The Morgan fingerprint density at radius 2 is 1.39 bits per heavy atom. The van der Waals surface area contributed by atoms with Gasteiger partial charge in [-0.2, -0.15) is 0 Å². The van der Waals surface area contributed by atoms with E-state index in [1.54, 1.807) is 0 Å². The maximum atomic E-state index is 12.3. The van der Waals surface area contributed by atoms with Gasteiger partial charge in [0.25, 0.3) is 0 Å². The fourth-order valence-electron chi connectivity index (χ4n) is 4.98. The highest BCUT2D eigenvalue weighted by Crippen LogP contribution is 2.29. The lowest BCUT2D eigenvalue weighted by atomic mass is 9.97. The highest BCUT2D eigenvalue weighted by Gasteiger charge is 2.50. The van der Waals surface area contributed by atoms with Gasteiger partial charge in [-0.25, -0.2) is 0 Å². The smallest absolute Gasteiger partial charge is 0.220 e. The van der Waals surface area contributed by atoms with Gasteiger partial charge in [0.15, 0.2) is 12.6 Å². The minimum atomic E-state index is -1.77. The Bertz CT molecular complexity index is 729. The number of carbonyl (C=O) groups is 1. The van der Waals surface area contributed by atoms with Crippen LogP contribution in [-0.2, 0) is 23.7 Å². The molecule has 0 aromatic heterocycles. The van der Waals surface area contributed by atoms with Gasteiger partial charge in [0, 0.05) is 6.42 Å². The molecule has 242 valence electrons. The van der Waals surface area contributed by atoms with Gasteiger partial charge in [-0.3, -0.25) is 4.79 Å². The highest BCUT2D eigenvalue weighted by molar-refractivity contribution is 5.76. The van der Waals surface area contributed by atoms with E-state index in [4.69, 9.17) is 18.9 Å². The molecule has 9 N–H and O–H groups in total. The second-order valence-corrected chi connectivity index (χ2v) is 10.9. The Labute approximate surface area is 241 Å². The molecule has 41 heavy (non-hydrogen) atoms. The van der Waals surface area contributed by atoms with Gasteiger partial charge in [-0.05, 0) is 12.8 Å². The van der Waals surface area contributed by atoms with E-state index in [1.807, 2.05) is 6.92 Å². The van der Waals surface area contributed by atoms with Crippen LogP contribution in [-0.4, -0.2) is 140 Å². The maximum Gasteiger partial charge on any atom is 0.220 e. The lowest BCUT2D eigenvalue weighted by Crippen LogP contribution is -2.65. The first kappa shape index (κ1) is 36.2. The van der Waals surface area contributed by atoms with Crippen molar-refractivity contribution < 1.29 is 64.6 Å². The minimum absolute atomic E-state index is 0.253. The number of unbranched alkanes of at least 4 members (excludes halogenated alkanes) is 5. The van der Waals surface area contributed by atoms with Crippen molar-refractivity contribution in [1.29, 1.82) is 0 Å². The predicted octanol–water partition coefficient (Wildman–Crippen LogP) is -1.98. The molecule has 0 aliphatic carbocycles. The van der Waals surface area contributed by atoms with Gasteiger partial charge >= 0.3 is 0 Å². The summed E-state index contributed by atoms with van der Waals surface area (Å²) in [6, 6.07) is -0.812. The maximum absolute atomic E-state index is 12.3. The number of carbonyl (C=O) groups excluding carboxylic acids is 1. The monoisotopic (exact) mass is 597 g/mol. The molecule has 1 amide bonds. The Hall–Kier alpha value is -1.01. The molecule has 0 saturated carbocycles. The van der Waals surface area contributed by atoms with Crippen LogP contribution in [0.5, 0.6) is 0 Å². The van der Waals surface area contributed by atoms with E-state index in [-0.39, 0.29) is 18.9 Å². The summed E-state index contributed by atoms with van der Waals surface area (Å²) in [6.45, 7) is 2.33. The first-order valence-corrected chi connectivity index (χ1v) is 14.8. The van der Waals surface area contributed by atoms with Crippen molar-refractivity contribution in [3.05, 3.63) is 0 Å². The van der Waals surface area contributed by atoms with Gasteiger partial charge in [0.1, 0.15) is 48.8 Å². The zero-order valence-electron chi connectivity index (χ0n) is 24.0. The van der Waals surface area contributed by atoms with Crippen LogP contribution in [0.1, 0.15) is 71.6 Å². The quantitative estimate of drug-likeness (QED) is 0.0782. The standard InChI is InChI=1S/C27H51NO13/c1-3-5-6-7-8-9-11-16(31)15(28-19(32)10-4-2)14-38-26-24(37)22(35)25(18(13-30)40-26)41-27-23(36)21(34)20(33)17(12-29)39-27/h15-18,20-27,29-31,33-37H,3-14H2,1-2H3,(H,28,32). The molecule has 2 fully saturated rings. The zero-order valence-corrected chi connectivity index (χ0v) is 24.0. The highest BCUT2D eigenvalue weighted by atomic mass is 16.7. The summed E-state index contributed by atoms with van der Waals surface area (Å²) in [5.41, 5.74) is 0. The Morgan fingerprint density at radius 1 is 0.780 bits per heavy atom. The topological polar surface area (TPSA) is 228 Å². The average molecular weight is 598 g/mol. The molecule has 12 atom stereocenters. The van der Waals surface area contributed by atoms with E-state index in [1.165, 1.54) is 0 Å². The molecule has 0 aromatic rings. The average Bonchev–Trinajstić information content (AvgIpc) is 2.96. The fraction of sp³-hybridized carbons (Fsp3) is 0.963. The summed E-state index contributed by atoms with van der Waals surface area (Å²) >= 11 is 0. The van der Waals surface area contributed by atoms with E-state index < -0.39 is 86.8 Å². The Kier molecular flexibility index (Phi) is 16.4. The second kappa shape index (κ2) is 18.6. The second-order valence-electron chi connectivity index (χ2n) is 10.9. The summed E-state index contributed by atoms with van der Waals surface area (Å²) in [7, 11) is 0. The molecule has 14 nitrogen and oxygen atoms in total. The van der Waals surface area contributed by atoms with Gasteiger partial charge in [0.05, 0.1) is 32.0 Å². The van der Waals surface area contributed by atoms with Gasteiger partial charge < -0.3 is 65.1 Å².